The third-order valence-corrected chi connectivity index (χ3v) is 4.67. The van der Waals surface area contributed by atoms with Crippen LogP contribution in [-0.4, -0.2) is 12.3 Å². The molecular weight excluding hydrogens is 298 g/mol. The molecule has 0 radical (unpaired) electrons. The second-order valence-electron chi connectivity index (χ2n) is 4.33. The van der Waals surface area contributed by atoms with Gasteiger partial charge in [-0.15, -0.1) is 0 Å². The Bertz CT molecular complexity index is 345. The van der Waals surface area contributed by atoms with Crippen LogP contribution in [0.2, 0.25) is 0 Å². The molecule has 0 amide bonds. The van der Waals surface area contributed by atoms with E-state index in [-0.39, 0.29) is 5.78 Å². The summed E-state index contributed by atoms with van der Waals surface area (Å²) < 4.78 is 0.929. The topological polar surface area (TPSA) is 43.1 Å². The number of hydrogen-bond donors (Lipinski definition) is 1. The molecule has 17 heavy (non-hydrogen) atoms. The van der Waals surface area contributed by atoms with E-state index in [1.807, 2.05) is 10.8 Å². The summed E-state index contributed by atoms with van der Waals surface area (Å²) >= 11 is 4.97. The van der Waals surface area contributed by atoms with Gasteiger partial charge in [0.2, 0.25) is 0 Å². The first-order chi connectivity index (χ1) is 8.19. The second-order valence-corrected chi connectivity index (χ2v) is 5.93. The zero-order chi connectivity index (χ0) is 12.7. The number of halogens is 1. The Labute approximate surface area is 116 Å². The fourth-order valence-corrected chi connectivity index (χ4v) is 3.55. The maximum Gasteiger partial charge on any atom is 0.164 e. The van der Waals surface area contributed by atoms with Crippen molar-refractivity contribution >= 4 is 33.0 Å². The van der Waals surface area contributed by atoms with E-state index in [0.717, 1.165) is 29.4 Å². The molecule has 0 aliphatic carbocycles. The molecule has 2 N–H and O–H groups in total. The van der Waals surface area contributed by atoms with Crippen LogP contribution in [0.3, 0.4) is 0 Å². The maximum atomic E-state index is 12.0. The molecule has 2 nitrogen and oxygen atoms in total. The average Bonchev–Trinajstić information content (AvgIpc) is 2.72. The van der Waals surface area contributed by atoms with Gasteiger partial charge in [-0.1, -0.05) is 19.8 Å². The van der Waals surface area contributed by atoms with Crippen LogP contribution in [-0.2, 0) is 0 Å². The van der Waals surface area contributed by atoms with Crippen LogP contribution in [0.5, 0.6) is 0 Å². The first kappa shape index (κ1) is 14.9. The van der Waals surface area contributed by atoms with Gasteiger partial charge in [0.15, 0.2) is 5.78 Å². The molecular formula is C13H20BrNOS. The van der Waals surface area contributed by atoms with Gasteiger partial charge in [0.25, 0.3) is 0 Å². The van der Waals surface area contributed by atoms with Gasteiger partial charge in [-0.3, -0.25) is 4.79 Å². The number of carbonyl (C=O) groups excluding carboxylic acids is 1. The molecule has 0 aliphatic rings. The molecule has 0 saturated carbocycles. The predicted octanol–water partition coefficient (Wildman–Crippen LogP) is 4.24. The van der Waals surface area contributed by atoms with Crippen molar-refractivity contribution < 1.29 is 4.79 Å². The van der Waals surface area contributed by atoms with Crippen LogP contribution in [0.1, 0.15) is 49.4 Å². The molecule has 4 heteroatoms. The van der Waals surface area contributed by atoms with E-state index in [2.05, 4.69) is 22.9 Å². The van der Waals surface area contributed by atoms with Crippen LogP contribution in [0, 0.1) is 5.92 Å². The summed E-state index contributed by atoms with van der Waals surface area (Å²) in [4.78, 5) is 12.0. The van der Waals surface area contributed by atoms with E-state index in [4.69, 9.17) is 5.73 Å². The largest absolute Gasteiger partial charge is 0.330 e. The van der Waals surface area contributed by atoms with Gasteiger partial charge >= 0.3 is 0 Å². The molecule has 1 heterocycles. The highest BCUT2D eigenvalue weighted by Crippen LogP contribution is 2.25. The summed E-state index contributed by atoms with van der Waals surface area (Å²) in [6, 6.07) is 0. The first-order valence-corrected chi connectivity index (χ1v) is 7.87. The number of thiophene rings is 1. The van der Waals surface area contributed by atoms with Crippen molar-refractivity contribution in [3.8, 4) is 0 Å². The standard InChI is InChI=1S/C13H20BrNOS/c1-2-3-10(6-7-15)4-5-13(16)11-8-17-9-12(11)14/h8-10H,2-7,15H2,1H3. The molecule has 1 aromatic rings. The molecule has 0 saturated heterocycles. The summed E-state index contributed by atoms with van der Waals surface area (Å²) in [5.41, 5.74) is 6.43. The minimum absolute atomic E-state index is 0.247. The maximum absolute atomic E-state index is 12.0. The Morgan fingerprint density at radius 3 is 2.71 bits per heavy atom. The average molecular weight is 318 g/mol. The minimum Gasteiger partial charge on any atom is -0.330 e. The molecule has 1 atom stereocenters. The third-order valence-electron chi connectivity index (χ3n) is 2.97. The van der Waals surface area contributed by atoms with Crippen molar-refractivity contribution in [3.05, 3.63) is 20.8 Å². The number of rotatable bonds is 8. The van der Waals surface area contributed by atoms with Gasteiger partial charge in [-0.2, -0.15) is 11.3 Å². The van der Waals surface area contributed by atoms with E-state index >= 15 is 0 Å². The zero-order valence-electron chi connectivity index (χ0n) is 10.2. The lowest BCUT2D eigenvalue weighted by molar-refractivity contribution is 0.0972. The fourth-order valence-electron chi connectivity index (χ4n) is 2.03. The van der Waals surface area contributed by atoms with Crippen molar-refractivity contribution in [2.75, 3.05) is 6.54 Å². The molecule has 1 rings (SSSR count). The van der Waals surface area contributed by atoms with E-state index < -0.39 is 0 Å². The summed E-state index contributed by atoms with van der Waals surface area (Å²) in [6.07, 6.45) is 4.98. The summed E-state index contributed by atoms with van der Waals surface area (Å²) in [5.74, 6) is 0.850. The Hall–Kier alpha value is -0.190. The predicted molar refractivity (Wildman–Crippen MR) is 77.7 cm³/mol. The van der Waals surface area contributed by atoms with Crippen molar-refractivity contribution in [1.29, 1.82) is 0 Å². The van der Waals surface area contributed by atoms with Crippen molar-refractivity contribution in [2.24, 2.45) is 11.7 Å². The van der Waals surface area contributed by atoms with Gasteiger partial charge in [-0.25, -0.2) is 0 Å². The number of carbonyl (C=O) groups is 1. The Morgan fingerprint density at radius 1 is 1.41 bits per heavy atom. The molecule has 1 unspecified atom stereocenters. The SMILES string of the molecule is CCCC(CCN)CCC(=O)c1cscc1Br. The lowest BCUT2D eigenvalue weighted by Crippen LogP contribution is -2.11. The van der Waals surface area contributed by atoms with E-state index in [1.165, 1.54) is 12.8 Å². The monoisotopic (exact) mass is 317 g/mol. The Morgan fingerprint density at radius 2 is 2.18 bits per heavy atom. The lowest BCUT2D eigenvalue weighted by Gasteiger charge is -2.14. The highest BCUT2D eigenvalue weighted by molar-refractivity contribution is 9.10. The highest BCUT2D eigenvalue weighted by atomic mass is 79.9. The quantitative estimate of drug-likeness (QED) is 0.729. The number of nitrogens with two attached hydrogens (primary N) is 1. The van der Waals surface area contributed by atoms with E-state index in [9.17, 15) is 4.79 Å². The Kier molecular flexibility index (Phi) is 7.00. The van der Waals surface area contributed by atoms with Gasteiger partial charge in [-0.05, 0) is 41.2 Å². The highest BCUT2D eigenvalue weighted by Gasteiger charge is 2.14. The van der Waals surface area contributed by atoms with Crippen molar-refractivity contribution in [1.82, 2.24) is 0 Å². The molecule has 0 fully saturated rings. The van der Waals surface area contributed by atoms with Crippen LogP contribution in [0.25, 0.3) is 0 Å². The lowest BCUT2D eigenvalue weighted by atomic mass is 9.93. The van der Waals surface area contributed by atoms with E-state index in [1.54, 1.807) is 11.3 Å². The summed E-state index contributed by atoms with van der Waals surface area (Å²) in [6.45, 7) is 2.90. The molecule has 1 aromatic heterocycles. The first-order valence-electron chi connectivity index (χ1n) is 6.14. The van der Waals surface area contributed by atoms with Crippen LogP contribution in [0.4, 0.5) is 0 Å². The van der Waals surface area contributed by atoms with Crippen LogP contribution < -0.4 is 5.73 Å². The minimum atomic E-state index is 0.247. The molecule has 96 valence electrons. The zero-order valence-corrected chi connectivity index (χ0v) is 12.6. The number of Topliss-reactive ketones (excluding diaryl/α,β-unsaturated/α-hetero) is 1. The van der Waals surface area contributed by atoms with Crippen molar-refractivity contribution in [3.63, 3.8) is 0 Å². The van der Waals surface area contributed by atoms with Crippen LogP contribution >= 0.6 is 27.3 Å². The third kappa shape index (κ3) is 4.90. The van der Waals surface area contributed by atoms with Crippen LogP contribution in [0.15, 0.2) is 15.2 Å². The number of ketones is 1. The fraction of sp³-hybridized carbons (Fsp3) is 0.615. The Balaban J connectivity index is 2.43. The number of hydrogen-bond acceptors (Lipinski definition) is 3. The van der Waals surface area contributed by atoms with E-state index in [0.29, 0.717) is 12.3 Å². The van der Waals surface area contributed by atoms with Gasteiger partial charge in [0.05, 0.1) is 0 Å². The molecule has 0 aliphatic heterocycles. The van der Waals surface area contributed by atoms with Gasteiger partial charge in [0, 0.05) is 27.2 Å². The molecule has 0 bridgehead atoms. The van der Waals surface area contributed by atoms with Gasteiger partial charge in [0.1, 0.15) is 0 Å². The van der Waals surface area contributed by atoms with Crippen molar-refractivity contribution in [2.45, 2.75) is 39.0 Å². The van der Waals surface area contributed by atoms with Gasteiger partial charge < -0.3 is 5.73 Å². The molecule has 0 aromatic carbocycles. The summed E-state index contributed by atoms with van der Waals surface area (Å²) in [7, 11) is 0. The second kappa shape index (κ2) is 8.01. The summed E-state index contributed by atoms with van der Waals surface area (Å²) in [5, 5.41) is 3.88. The normalized spacial score (nSPS) is 12.6. The molecule has 0 spiro atoms. The smallest absolute Gasteiger partial charge is 0.164 e.